The Labute approximate surface area is 116 Å². The Morgan fingerprint density at radius 3 is 2.00 bits per heavy atom. The fraction of sp³-hybridized carbons (Fsp3) is 0. The van der Waals surface area contributed by atoms with Crippen LogP contribution in [-0.4, -0.2) is 11.2 Å². The van der Waals surface area contributed by atoms with Crippen molar-refractivity contribution in [3.05, 3.63) is 53.8 Å². The Morgan fingerprint density at radius 2 is 1.50 bits per heavy atom. The van der Waals surface area contributed by atoms with Crippen molar-refractivity contribution >= 4 is 23.6 Å². The molecule has 0 fully saturated rings. The van der Waals surface area contributed by atoms with Crippen LogP contribution in [0.4, 0.5) is 23.7 Å². The molecule has 0 saturated heterocycles. The number of carbonyl (C=O) groups is 1. The molecule has 104 valence electrons. The Bertz CT molecular complexity index is 679. The molecule has 2 rings (SSSR count). The molecule has 7 heteroatoms. The van der Waals surface area contributed by atoms with Gasteiger partial charge in [-0.1, -0.05) is 12.1 Å². The highest BCUT2D eigenvalue weighted by molar-refractivity contribution is 6.35. The van der Waals surface area contributed by atoms with Gasteiger partial charge >= 0.3 is 6.09 Å². The molecule has 20 heavy (non-hydrogen) atoms. The molecular weight excluding hydrogens is 295 g/mol. The van der Waals surface area contributed by atoms with Crippen LogP contribution in [0.15, 0.2) is 36.4 Å². The van der Waals surface area contributed by atoms with Gasteiger partial charge in [-0.15, -0.1) is 0 Å². The normalized spacial score (nSPS) is 10.4. The van der Waals surface area contributed by atoms with E-state index in [1.807, 2.05) is 0 Å². The number of amides is 1. The molecule has 3 nitrogen and oxygen atoms in total. The van der Waals surface area contributed by atoms with E-state index in [2.05, 4.69) is 0 Å². The van der Waals surface area contributed by atoms with E-state index in [1.54, 1.807) is 0 Å². The number of hydrogen-bond donors (Lipinski definition) is 1. The van der Waals surface area contributed by atoms with Crippen molar-refractivity contribution in [2.45, 2.75) is 0 Å². The van der Waals surface area contributed by atoms with Gasteiger partial charge in [-0.25, -0.2) is 18.0 Å². The average Bonchev–Trinajstić information content (AvgIpc) is 2.41. The number of benzene rings is 2. The second-order valence-corrected chi connectivity index (χ2v) is 4.20. The van der Waals surface area contributed by atoms with Crippen molar-refractivity contribution in [1.29, 1.82) is 0 Å². The summed E-state index contributed by atoms with van der Waals surface area (Å²) in [6, 6.07) is 6.58. The molecule has 2 aromatic carbocycles. The Morgan fingerprint density at radius 1 is 0.950 bits per heavy atom. The van der Waals surface area contributed by atoms with Crippen molar-refractivity contribution < 1.29 is 23.1 Å². The quantitative estimate of drug-likeness (QED) is 0.835. The van der Waals surface area contributed by atoms with Crippen LogP contribution in [0.3, 0.4) is 0 Å². The maximum Gasteiger partial charge on any atom is 0.426 e. The number of rotatable bonds is 2. The standard InChI is InChI=1S/C13H7ClF3NO2/c14-18(13(19)20)12-4-2-8(6-11(12)17)7-1-3-9(15)10(16)5-7/h1-6H,(H,19,20). The molecule has 0 radical (unpaired) electrons. The molecular formula is C13H7ClF3NO2. The molecule has 0 aliphatic carbocycles. The van der Waals surface area contributed by atoms with Crippen molar-refractivity contribution in [3.63, 3.8) is 0 Å². The summed E-state index contributed by atoms with van der Waals surface area (Å²) in [6.07, 6.45) is -1.54. The van der Waals surface area contributed by atoms with Gasteiger partial charge in [0.2, 0.25) is 0 Å². The third-order valence-electron chi connectivity index (χ3n) is 2.58. The van der Waals surface area contributed by atoms with Gasteiger partial charge in [0.25, 0.3) is 0 Å². The fourth-order valence-corrected chi connectivity index (χ4v) is 1.76. The number of halogens is 4. The summed E-state index contributed by atoms with van der Waals surface area (Å²) >= 11 is 5.37. The van der Waals surface area contributed by atoms with Crippen LogP contribution in [0, 0.1) is 17.5 Å². The first kappa shape index (κ1) is 14.2. The van der Waals surface area contributed by atoms with Crippen molar-refractivity contribution in [1.82, 2.24) is 0 Å². The van der Waals surface area contributed by atoms with Gasteiger partial charge in [0.05, 0.1) is 0 Å². The summed E-state index contributed by atoms with van der Waals surface area (Å²) in [5.74, 6) is -2.97. The Hall–Kier alpha value is -2.21. The third kappa shape index (κ3) is 2.70. The summed E-state index contributed by atoms with van der Waals surface area (Å²) in [5.41, 5.74) is 0.164. The molecule has 1 amide bonds. The van der Waals surface area contributed by atoms with E-state index in [0.29, 0.717) is 0 Å². The van der Waals surface area contributed by atoms with Crippen LogP contribution in [-0.2, 0) is 0 Å². The zero-order chi connectivity index (χ0) is 14.9. The van der Waals surface area contributed by atoms with Gasteiger partial charge < -0.3 is 5.11 Å². The van der Waals surface area contributed by atoms with Crippen molar-refractivity contribution in [2.75, 3.05) is 4.42 Å². The van der Waals surface area contributed by atoms with Gasteiger partial charge in [-0.2, -0.15) is 4.42 Å². The van der Waals surface area contributed by atoms with Gasteiger partial charge in [0, 0.05) is 11.8 Å². The van der Waals surface area contributed by atoms with Gasteiger partial charge in [-0.05, 0) is 35.4 Å². The predicted molar refractivity (Wildman–Crippen MR) is 68.1 cm³/mol. The molecule has 0 bridgehead atoms. The summed E-state index contributed by atoms with van der Waals surface area (Å²) in [5, 5.41) is 8.65. The highest BCUT2D eigenvalue weighted by Crippen LogP contribution is 2.28. The summed E-state index contributed by atoms with van der Waals surface area (Å²) in [6.45, 7) is 0. The molecule has 0 spiro atoms. The van der Waals surface area contributed by atoms with Gasteiger partial charge in [0.1, 0.15) is 11.5 Å². The molecule has 0 aliphatic heterocycles. The van der Waals surface area contributed by atoms with Gasteiger partial charge in [-0.3, -0.25) is 0 Å². The van der Waals surface area contributed by atoms with E-state index >= 15 is 0 Å². The lowest BCUT2D eigenvalue weighted by Crippen LogP contribution is -2.18. The molecule has 2 aromatic rings. The lowest BCUT2D eigenvalue weighted by Gasteiger charge is -2.11. The zero-order valence-corrected chi connectivity index (χ0v) is 10.5. The largest absolute Gasteiger partial charge is 0.464 e. The van der Waals surface area contributed by atoms with E-state index < -0.39 is 23.5 Å². The van der Waals surface area contributed by atoms with Crippen molar-refractivity contribution in [3.8, 4) is 11.1 Å². The second kappa shape index (κ2) is 5.42. The van der Waals surface area contributed by atoms with Crippen LogP contribution in [0.5, 0.6) is 0 Å². The summed E-state index contributed by atoms with van der Waals surface area (Å²) < 4.78 is 39.9. The van der Waals surface area contributed by atoms with E-state index in [4.69, 9.17) is 16.9 Å². The first-order chi connectivity index (χ1) is 9.40. The molecule has 0 heterocycles. The van der Waals surface area contributed by atoms with E-state index in [-0.39, 0.29) is 21.2 Å². The summed E-state index contributed by atoms with van der Waals surface area (Å²) in [4.78, 5) is 10.6. The number of carboxylic acid groups (broad SMARTS) is 1. The maximum atomic E-state index is 13.8. The first-order valence-corrected chi connectivity index (χ1v) is 5.68. The molecule has 0 aromatic heterocycles. The molecule has 0 saturated carbocycles. The SMILES string of the molecule is O=C(O)N(Cl)c1ccc(-c2ccc(F)c(F)c2)cc1F. The minimum Gasteiger partial charge on any atom is -0.464 e. The topological polar surface area (TPSA) is 40.5 Å². The van der Waals surface area contributed by atoms with Crippen LogP contribution in [0.2, 0.25) is 0 Å². The first-order valence-electron chi connectivity index (χ1n) is 5.34. The lowest BCUT2D eigenvalue weighted by molar-refractivity contribution is 0.206. The van der Waals surface area contributed by atoms with Crippen LogP contribution >= 0.6 is 11.8 Å². The smallest absolute Gasteiger partial charge is 0.426 e. The van der Waals surface area contributed by atoms with Crippen LogP contribution in [0.1, 0.15) is 0 Å². The lowest BCUT2D eigenvalue weighted by atomic mass is 10.0. The van der Waals surface area contributed by atoms with E-state index in [9.17, 15) is 18.0 Å². The number of hydrogen-bond acceptors (Lipinski definition) is 1. The number of nitrogens with zero attached hydrogens (tertiary/aromatic N) is 1. The molecule has 1 N–H and O–H groups in total. The highest BCUT2D eigenvalue weighted by atomic mass is 35.5. The van der Waals surface area contributed by atoms with Gasteiger partial charge in [0.15, 0.2) is 11.6 Å². The maximum absolute atomic E-state index is 13.8. The second-order valence-electron chi connectivity index (χ2n) is 3.86. The third-order valence-corrected chi connectivity index (χ3v) is 2.91. The number of anilines is 1. The van der Waals surface area contributed by atoms with Crippen LogP contribution in [0.25, 0.3) is 11.1 Å². The van der Waals surface area contributed by atoms with Crippen LogP contribution < -0.4 is 4.42 Å². The van der Waals surface area contributed by atoms with Crippen molar-refractivity contribution in [2.24, 2.45) is 0 Å². The predicted octanol–water partition coefficient (Wildman–Crippen LogP) is 4.41. The minimum absolute atomic E-state index is 0.199. The molecule has 0 unspecified atom stereocenters. The molecule has 0 atom stereocenters. The Balaban J connectivity index is 2.42. The van der Waals surface area contributed by atoms with E-state index in [0.717, 1.165) is 24.3 Å². The Kier molecular flexibility index (Phi) is 3.85. The minimum atomic E-state index is -1.54. The van der Waals surface area contributed by atoms with E-state index in [1.165, 1.54) is 12.1 Å². The summed E-state index contributed by atoms with van der Waals surface area (Å²) in [7, 11) is 0. The monoisotopic (exact) mass is 301 g/mol. The molecule has 0 aliphatic rings. The highest BCUT2D eigenvalue weighted by Gasteiger charge is 2.16. The fourth-order valence-electron chi connectivity index (χ4n) is 1.62. The average molecular weight is 302 g/mol. The zero-order valence-electron chi connectivity index (χ0n) is 9.78.